The molecule has 190 valence electrons. The van der Waals surface area contributed by atoms with Gasteiger partial charge in [-0.15, -0.1) is 0 Å². The maximum atomic E-state index is 13.1. The molecule has 1 aliphatic heterocycles. The summed E-state index contributed by atoms with van der Waals surface area (Å²) in [6.07, 6.45) is 0. The summed E-state index contributed by atoms with van der Waals surface area (Å²) in [4.78, 5) is 18.7. The number of nitrogens with zero attached hydrogens (tertiary/aromatic N) is 3. The first-order valence-corrected chi connectivity index (χ1v) is 12.9. The standard InChI is InChI=1S/C25H34N4O5S/c1-18-14-22(33-5)15-19(2)24(18)35(31,32)29(4)12-13-34-17-23(30)28(3)16-20-6-8-21(9-7-20)25-26-10-11-27-25/h6-9,14-15H,10-13,16-17H2,1-5H3,(H,26,27). The third kappa shape index (κ3) is 6.59. The van der Waals surface area contributed by atoms with E-state index in [4.69, 9.17) is 9.47 Å². The Balaban J connectivity index is 1.47. The van der Waals surface area contributed by atoms with E-state index in [9.17, 15) is 13.2 Å². The number of amides is 1. The van der Waals surface area contributed by atoms with Crippen molar-refractivity contribution in [1.82, 2.24) is 14.5 Å². The average molecular weight is 503 g/mol. The monoisotopic (exact) mass is 502 g/mol. The van der Waals surface area contributed by atoms with E-state index >= 15 is 0 Å². The number of carbonyl (C=O) groups is 1. The molecule has 2 aromatic rings. The number of benzene rings is 2. The fraction of sp³-hybridized carbons (Fsp3) is 0.440. The number of likely N-dealkylation sites (N-methyl/N-ethyl adjacent to an activating group) is 2. The van der Waals surface area contributed by atoms with Gasteiger partial charge in [-0.2, -0.15) is 4.31 Å². The van der Waals surface area contributed by atoms with Crippen molar-refractivity contribution in [3.63, 3.8) is 0 Å². The van der Waals surface area contributed by atoms with Crippen LogP contribution in [0.3, 0.4) is 0 Å². The lowest BCUT2D eigenvalue weighted by atomic mass is 10.1. The highest BCUT2D eigenvalue weighted by Gasteiger charge is 2.25. The highest BCUT2D eigenvalue weighted by Crippen LogP contribution is 2.27. The molecule has 0 atom stereocenters. The molecule has 1 N–H and O–H groups in total. The maximum Gasteiger partial charge on any atom is 0.248 e. The molecule has 0 fully saturated rings. The number of aliphatic imine (C=N–C) groups is 1. The van der Waals surface area contributed by atoms with Crippen LogP contribution in [0.2, 0.25) is 0 Å². The summed E-state index contributed by atoms with van der Waals surface area (Å²) in [5, 5.41) is 3.24. The van der Waals surface area contributed by atoms with E-state index in [0.29, 0.717) is 23.4 Å². The molecular weight excluding hydrogens is 468 g/mol. The number of amidine groups is 1. The number of hydrogen-bond acceptors (Lipinski definition) is 7. The minimum absolute atomic E-state index is 0.105. The predicted octanol–water partition coefficient (Wildman–Crippen LogP) is 1.96. The van der Waals surface area contributed by atoms with Gasteiger partial charge in [-0.05, 0) is 42.7 Å². The molecule has 1 heterocycles. The Bertz CT molecular complexity index is 1160. The lowest BCUT2D eigenvalue weighted by Crippen LogP contribution is -2.33. The number of nitrogens with one attached hydrogen (secondary N) is 1. The minimum Gasteiger partial charge on any atom is -0.497 e. The van der Waals surface area contributed by atoms with E-state index in [0.717, 1.165) is 30.1 Å². The van der Waals surface area contributed by atoms with Gasteiger partial charge in [0, 0.05) is 39.3 Å². The van der Waals surface area contributed by atoms with Crippen LogP contribution in [-0.4, -0.2) is 83.4 Å². The lowest BCUT2D eigenvalue weighted by molar-refractivity contribution is -0.135. The molecule has 0 bridgehead atoms. The first-order valence-electron chi connectivity index (χ1n) is 11.4. The third-order valence-electron chi connectivity index (χ3n) is 5.86. The largest absolute Gasteiger partial charge is 0.497 e. The maximum absolute atomic E-state index is 13.1. The number of ether oxygens (including phenoxy) is 2. The topological polar surface area (TPSA) is 101 Å². The van der Waals surface area contributed by atoms with Crippen molar-refractivity contribution in [1.29, 1.82) is 0 Å². The number of sulfonamides is 1. The van der Waals surface area contributed by atoms with Gasteiger partial charge in [-0.3, -0.25) is 9.79 Å². The summed E-state index contributed by atoms with van der Waals surface area (Å²) in [5.74, 6) is 1.34. The van der Waals surface area contributed by atoms with Gasteiger partial charge in [0.15, 0.2) is 0 Å². The number of hydrogen-bond donors (Lipinski definition) is 1. The molecule has 0 saturated carbocycles. The van der Waals surface area contributed by atoms with Crippen LogP contribution >= 0.6 is 0 Å². The van der Waals surface area contributed by atoms with Crippen LogP contribution in [0.15, 0.2) is 46.3 Å². The van der Waals surface area contributed by atoms with Crippen LogP contribution in [0.4, 0.5) is 0 Å². The number of methoxy groups -OCH3 is 1. The molecule has 2 aromatic carbocycles. The second kappa shape index (κ2) is 11.7. The third-order valence-corrected chi connectivity index (χ3v) is 8.02. The Morgan fingerprint density at radius 2 is 1.77 bits per heavy atom. The molecule has 0 spiro atoms. The van der Waals surface area contributed by atoms with Gasteiger partial charge in [-0.1, -0.05) is 24.3 Å². The van der Waals surface area contributed by atoms with Crippen molar-refractivity contribution >= 4 is 21.8 Å². The molecule has 0 radical (unpaired) electrons. The highest BCUT2D eigenvalue weighted by molar-refractivity contribution is 7.89. The quantitative estimate of drug-likeness (QED) is 0.472. The number of carbonyl (C=O) groups excluding carboxylic acids is 1. The molecule has 3 rings (SSSR count). The normalized spacial score (nSPS) is 13.5. The molecule has 9 nitrogen and oxygen atoms in total. The summed E-state index contributed by atoms with van der Waals surface area (Å²) in [6, 6.07) is 11.3. The SMILES string of the molecule is COc1cc(C)c(S(=O)(=O)N(C)CCOCC(=O)N(C)Cc2ccc(C3=NCCN3)cc2)c(C)c1. The molecule has 0 aromatic heterocycles. The fourth-order valence-corrected chi connectivity index (χ4v) is 5.45. The first kappa shape index (κ1) is 26.7. The molecular formula is C25H34N4O5S. The molecule has 1 aliphatic rings. The first-order chi connectivity index (χ1) is 16.6. The zero-order valence-corrected chi connectivity index (χ0v) is 21.8. The van der Waals surface area contributed by atoms with Gasteiger partial charge < -0.3 is 19.7 Å². The summed E-state index contributed by atoms with van der Waals surface area (Å²) < 4.78 is 38.1. The Morgan fingerprint density at radius 3 is 2.34 bits per heavy atom. The minimum atomic E-state index is -3.70. The van der Waals surface area contributed by atoms with E-state index in [-0.39, 0.29) is 30.6 Å². The molecule has 0 saturated heterocycles. The van der Waals surface area contributed by atoms with Crippen LogP contribution in [0.5, 0.6) is 5.75 Å². The van der Waals surface area contributed by atoms with E-state index in [1.165, 1.54) is 11.4 Å². The Labute approximate surface area is 207 Å². The number of rotatable bonds is 11. The van der Waals surface area contributed by atoms with Crippen LogP contribution < -0.4 is 10.1 Å². The van der Waals surface area contributed by atoms with Crippen molar-refractivity contribution in [3.8, 4) is 5.75 Å². The van der Waals surface area contributed by atoms with Crippen molar-refractivity contribution < 1.29 is 22.7 Å². The van der Waals surface area contributed by atoms with Gasteiger partial charge in [0.1, 0.15) is 18.2 Å². The van der Waals surface area contributed by atoms with Crippen molar-refractivity contribution in [2.45, 2.75) is 25.3 Å². The Morgan fingerprint density at radius 1 is 1.11 bits per heavy atom. The van der Waals surface area contributed by atoms with Crippen LogP contribution in [0.1, 0.15) is 22.3 Å². The summed E-state index contributed by atoms with van der Waals surface area (Å²) >= 11 is 0. The molecule has 1 amide bonds. The highest BCUT2D eigenvalue weighted by atomic mass is 32.2. The average Bonchev–Trinajstić information content (AvgIpc) is 3.36. The van der Waals surface area contributed by atoms with Crippen molar-refractivity contribution in [2.24, 2.45) is 4.99 Å². The van der Waals surface area contributed by atoms with Gasteiger partial charge in [-0.25, -0.2) is 8.42 Å². The zero-order valence-electron chi connectivity index (χ0n) is 21.0. The van der Waals surface area contributed by atoms with Crippen LogP contribution in [0.25, 0.3) is 0 Å². The summed E-state index contributed by atoms with van der Waals surface area (Å²) in [7, 11) is 1.07. The lowest BCUT2D eigenvalue weighted by Gasteiger charge is -2.21. The van der Waals surface area contributed by atoms with E-state index < -0.39 is 10.0 Å². The fourth-order valence-electron chi connectivity index (χ4n) is 3.90. The molecule has 0 aliphatic carbocycles. The van der Waals surface area contributed by atoms with Gasteiger partial charge >= 0.3 is 0 Å². The van der Waals surface area contributed by atoms with E-state index in [1.54, 1.807) is 45.0 Å². The smallest absolute Gasteiger partial charge is 0.248 e. The summed E-state index contributed by atoms with van der Waals surface area (Å²) in [5.41, 5.74) is 3.26. The second-order valence-electron chi connectivity index (χ2n) is 8.57. The molecule has 10 heteroatoms. The van der Waals surface area contributed by atoms with Crippen molar-refractivity contribution in [2.75, 3.05) is 54.1 Å². The Hall–Kier alpha value is -2.95. The van der Waals surface area contributed by atoms with E-state index in [2.05, 4.69) is 10.3 Å². The van der Waals surface area contributed by atoms with Gasteiger partial charge in [0.2, 0.25) is 15.9 Å². The predicted molar refractivity (Wildman–Crippen MR) is 135 cm³/mol. The van der Waals surface area contributed by atoms with E-state index in [1.807, 2.05) is 24.3 Å². The Kier molecular flexibility index (Phi) is 8.87. The van der Waals surface area contributed by atoms with Crippen LogP contribution in [0, 0.1) is 13.8 Å². The number of aryl methyl sites for hydroxylation is 2. The molecule has 35 heavy (non-hydrogen) atoms. The van der Waals surface area contributed by atoms with Crippen LogP contribution in [-0.2, 0) is 26.1 Å². The van der Waals surface area contributed by atoms with Gasteiger partial charge in [0.25, 0.3) is 0 Å². The molecule has 0 unspecified atom stereocenters. The zero-order chi connectivity index (χ0) is 25.6. The second-order valence-corrected chi connectivity index (χ2v) is 10.6. The summed E-state index contributed by atoms with van der Waals surface area (Å²) in [6.45, 7) is 5.70. The van der Waals surface area contributed by atoms with Crippen molar-refractivity contribution in [3.05, 3.63) is 58.7 Å². The van der Waals surface area contributed by atoms with Gasteiger partial charge in [0.05, 0.1) is 25.2 Å².